The molecule has 3 aromatic carbocycles. The van der Waals surface area contributed by atoms with Crippen molar-refractivity contribution in [3.63, 3.8) is 0 Å². The van der Waals surface area contributed by atoms with E-state index in [9.17, 15) is 22.0 Å². The number of anilines is 1. The lowest BCUT2D eigenvalue weighted by Crippen LogP contribution is -2.45. The largest absolute Gasteiger partial charge is 0.495 e. The molecule has 168 valence electrons. The van der Waals surface area contributed by atoms with Crippen LogP contribution in [0.3, 0.4) is 0 Å². The van der Waals surface area contributed by atoms with Crippen molar-refractivity contribution >= 4 is 33.2 Å². The minimum atomic E-state index is -4.31. The van der Waals surface area contributed by atoms with E-state index < -0.39 is 39.3 Å². The molecule has 1 amide bonds. The Morgan fingerprint density at radius 3 is 2.31 bits per heavy atom. The van der Waals surface area contributed by atoms with E-state index in [1.54, 1.807) is 30.3 Å². The summed E-state index contributed by atoms with van der Waals surface area (Å²) in [5, 5.41) is 2.28. The first-order chi connectivity index (χ1) is 15.2. The van der Waals surface area contributed by atoms with Crippen LogP contribution in [0, 0.1) is 11.6 Å². The monoisotopic (exact) mass is 480 g/mol. The zero-order chi connectivity index (χ0) is 23.3. The molecule has 0 radical (unpaired) electrons. The van der Waals surface area contributed by atoms with Gasteiger partial charge >= 0.3 is 0 Å². The molecular formula is C22H19ClF2N2O4S. The van der Waals surface area contributed by atoms with Crippen molar-refractivity contribution < 1.29 is 26.7 Å². The van der Waals surface area contributed by atoms with Gasteiger partial charge < -0.3 is 10.1 Å². The Balaban J connectivity index is 1.96. The van der Waals surface area contributed by atoms with Crippen LogP contribution >= 0.6 is 11.6 Å². The van der Waals surface area contributed by atoms with Crippen molar-refractivity contribution in [2.24, 2.45) is 0 Å². The van der Waals surface area contributed by atoms with Crippen molar-refractivity contribution in [1.82, 2.24) is 4.72 Å². The van der Waals surface area contributed by atoms with E-state index in [1.165, 1.54) is 25.3 Å². The van der Waals surface area contributed by atoms with Gasteiger partial charge in [-0.25, -0.2) is 17.2 Å². The molecule has 32 heavy (non-hydrogen) atoms. The molecule has 10 heteroatoms. The van der Waals surface area contributed by atoms with Gasteiger partial charge in [-0.05, 0) is 42.3 Å². The lowest BCUT2D eigenvalue weighted by molar-refractivity contribution is -0.117. The average molecular weight is 481 g/mol. The van der Waals surface area contributed by atoms with E-state index in [0.717, 1.165) is 18.2 Å². The molecule has 0 aliphatic carbocycles. The molecule has 0 heterocycles. The van der Waals surface area contributed by atoms with Crippen LogP contribution in [0.5, 0.6) is 5.75 Å². The first-order valence-electron chi connectivity index (χ1n) is 9.36. The molecule has 0 unspecified atom stereocenters. The number of hydrogen-bond acceptors (Lipinski definition) is 4. The van der Waals surface area contributed by atoms with E-state index in [1.807, 2.05) is 0 Å². The number of benzene rings is 3. The van der Waals surface area contributed by atoms with Gasteiger partial charge in [0.05, 0.1) is 7.11 Å². The summed E-state index contributed by atoms with van der Waals surface area (Å²) < 4.78 is 61.6. The van der Waals surface area contributed by atoms with E-state index >= 15 is 0 Å². The van der Waals surface area contributed by atoms with Gasteiger partial charge in [0, 0.05) is 5.02 Å². The third-order valence-corrected chi connectivity index (χ3v) is 6.25. The molecule has 0 bridgehead atoms. The van der Waals surface area contributed by atoms with Crippen molar-refractivity contribution in [2.75, 3.05) is 12.4 Å². The summed E-state index contributed by atoms with van der Waals surface area (Å²) in [5.41, 5.74) is -0.0440. The topological polar surface area (TPSA) is 84.5 Å². The minimum absolute atomic E-state index is 0.0147. The zero-order valence-corrected chi connectivity index (χ0v) is 18.4. The Bertz CT molecular complexity index is 1200. The first kappa shape index (κ1) is 23.6. The number of nitrogens with one attached hydrogen (secondary N) is 2. The van der Waals surface area contributed by atoms with E-state index in [4.69, 9.17) is 16.3 Å². The van der Waals surface area contributed by atoms with E-state index in [-0.39, 0.29) is 22.1 Å². The molecule has 0 saturated carbocycles. The highest BCUT2D eigenvalue weighted by atomic mass is 35.5. The van der Waals surface area contributed by atoms with Crippen molar-refractivity contribution in [3.8, 4) is 5.75 Å². The van der Waals surface area contributed by atoms with Crippen LogP contribution in [0.2, 0.25) is 5.02 Å². The Kier molecular flexibility index (Phi) is 7.44. The summed E-state index contributed by atoms with van der Waals surface area (Å²) >= 11 is 5.94. The van der Waals surface area contributed by atoms with Crippen LogP contribution in [0.4, 0.5) is 14.5 Å². The van der Waals surface area contributed by atoms with Crippen LogP contribution in [0.15, 0.2) is 71.6 Å². The van der Waals surface area contributed by atoms with Gasteiger partial charge in [-0.2, -0.15) is 4.72 Å². The molecule has 0 aliphatic heterocycles. The highest BCUT2D eigenvalue weighted by Crippen LogP contribution is 2.27. The van der Waals surface area contributed by atoms with Crippen LogP contribution < -0.4 is 14.8 Å². The van der Waals surface area contributed by atoms with Gasteiger partial charge in [-0.15, -0.1) is 0 Å². The van der Waals surface area contributed by atoms with Gasteiger partial charge in [0.1, 0.15) is 34.0 Å². The molecule has 1 atom stereocenters. The van der Waals surface area contributed by atoms with Crippen LogP contribution in [0.25, 0.3) is 0 Å². The van der Waals surface area contributed by atoms with Gasteiger partial charge in [0.25, 0.3) is 0 Å². The fourth-order valence-electron chi connectivity index (χ4n) is 2.98. The van der Waals surface area contributed by atoms with Gasteiger partial charge in [0.15, 0.2) is 0 Å². The molecule has 6 nitrogen and oxygen atoms in total. The minimum Gasteiger partial charge on any atom is -0.495 e. The first-order valence-corrected chi connectivity index (χ1v) is 11.2. The summed E-state index contributed by atoms with van der Waals surface area (Å²) in [6.45, 7) is 0. The second-order valence-electron chi connectivity index (χ2n) is 6.74. The second-order valence-corrected chi connectivity index (χ2v) is 8.86. The number of hydrogen-bond donors (Lipinski definition) is 2. The number of carbonyl (C=O) groups is 1. The number of rotatable bonds is 8. The Hall–Kier alpha value is -3.01. The van der Waals surface area contributed by atoms with Crippen molar-refractivity contribution in [1.29, 1.82) is 0 Å². The Morgan fingerprint density at radius 1 is 1.03 bits per heavy atom. The number of para-hydroxylation sites is 1. The predicted octanol–water partition coefficient (Wildman–Crippen LogP) is 4.16. The number of sulfonamides is 1. The van der Waals surface area contributed by atoms with E-state index in [2.05, 4.69) is 10.0 Å². The van der Waals surface area contributed by atoms with Gasteiger partial charge in [0.2, 0.25) is 15.9 Å². The van der Waals surface area contributed by atoms with Crippen molar-refractivity contribution in [3.05, 3.63) is 89.0 Å². The Labute approximate surface area is 189 Å². The molecule has 0 fully saturated rings. The Morgan fingerprint density at radius 2 is 1.69 bits per heavy atom. The lowest BCUT2D eigenvalue weighted by Gasteiger charge is -2.20. The maximum Gasteiger partial charge on any atom is 0.245 e. The summed E-state index contributed by atoms with van der Waals surface area (Å²) in [7, 11) is -3.02. The molecule has 3 rings (SSSR count). The van der Waals surface area contributed by atoms with Crippen LogP contribution in [-0.2, 0) is 21.2 Å². The summed E-state index contributed by atoms with van der Waals surface area (Å²) in [5.74, 6) is -2.91. The zero-order valence-electron chi connectivity index (χ0n) is 16.8. The number of ether oxygens (including phenoxy) is 1. The smallest absolute Gasteiger partial charge is 0.245 e. The van der Waals surface area contributed by atoms with E-state index in [0.29, 0.717) is 5.56 Å². The number of carbonyl (C=O) groups excluding carboxylic acids is 1. The molecule has 0 spiro atoms. The van der Waals surface area contributed by atoms with Crippen LogP contribution in [-0.4, -0.2) is 27.5 Å². The quantitative estimate of drug-likeness (QED) is 0.507. The molecule has 0 aromatic heterocycles. The second kappa shape index (κ2) is 10.1. The van der Waals surface area contributed by atoms with Gasteiger partial charge in [-0.1, -0.05) is 48.0 Å². The fourth-order valence-corrected chi connectivity index (χ4v) is 4.60. The van der Waals surface area contributed by atoms with Gasteiger partial charge in [-0.3, -0.25) is 4.79 Å². The predicted molar refractivity (Wildman–Crippen MR) is 117 cm³/mol. The molecule has 0 aliphatic rings. The average Bonchev–Trinajstić information content (AvgIpc) is 2.76. The van der Waals surface area contributed by atoms with Crippen molar-refractivity contribution in [2.45, 2.75) is 17.4 Å². The normalized spacial score (nSPS) is 12.2. The summed E-state index contributed by atoms with van der Waals surface area (Å²) in [6, 6.07) is 14.3. The summed E-state index contributed by atoms with van der Waals surface area (Å²) in [4.78, 5) is 12.6. The standard InChI is InChI=1S/C22H19ClF2N2O4S/c1-31-19-11-10-15(23)13-20(19)32(29,30)27-18(12-14-6-3-2-4-7-14)22(28)26-21-16(24)8-5-9-17(21)25/h2-11,13,18,27H,12H2,1H3,(H,26,28)/t18-/m0/s1. The number of amides is 1. The third-order valence-electron chi connectivity index (χ3n) is 4.52. The SMILES string of the molecule is COc1ccc(Cl)cc1S(=O)(=O)N[C@@H](Cc1ccccc1)C(=O)Nc1c(F)cccc1F. The summed E-state index contributed by atoms with van der Waals surface area (Å²) in [6.07, 6.45) is -0.0785. The lowest BCUT2D eigenvalue weighted by atomic mass is 10.1. The maximum atomic E-state index is 14.0. The molecule has 0 saturated heterocycles. The number of halogens is 3. The molecule has 3 aromatic rings. The molecule has 2 N–H and O–H groups in total. The third kappa shape index (κ3) is 5.61. The maximum absolute atomic E-state index is 14.0. The highest BCUT2D eigenvalue weighted by Gasteiger charge is 2.29. The van der Waals surface area contributed by atoms with Crippen LogP contribution in [0.1, 0.15) is 5.56 Å². The highest BCUT2D eigenvalue weighted by molar-refractivity contribution is 7.89. The number of methoxy groups -OCH3 is 1. The fraction of sp³-hybridized carbons (Fsp3) is 0.136. The molecular weight excluding hydrogens is 462 g/mol.